The fourth-order valence-corrected chi connectivity index (χ4v) is 4.36. The first kappa shape index (κ1) is 18.2. The van der Waals surface area contributed by atoms with E-state index < -0.39 is 0 Å². The van der Waals surface area contributed by atoms with E-state index >= 15 is 0 Å². The maximum Gasteiger partial charge on any atom is 0.317 e. The van der Waals surface area contributed by atoms with Gasteiger partial charge in [-0.25, -0.2) is 4.79 Å². The van der Waals surface area contributed by atoms with Gasteiger partial charge >= 0.3 is 6.03 Å². The summed E-state index contributed by atoms with van der Waals surface area (Å²) in [6.07, 6.45) is 6.89. The first-order valence-electron chi connectivity index (χ1n) is 9.82. The van der Waals surface area contributed by atoms with Crippen molar-refractivity contribution in [2.24, 2.45) is 0 Å². The summed E-state index contributed by atoms with van der Waals surface area (Å²) in [6, 6.07) is 0.676. The van der Waals surface area contributed by atoms with Gasteiger partial charge in [0, 0.05) is 24.7 Å². The SMILES string of the molecule is CCC(NC(=O)N1CCCC(N2CCCC2)CC1)c1c(C)noc1C. The number of carbonyl (C=O) groups is 1. The summed E-state index contributed by atoms with van der Waals surface area (Å²) < 4.78 is 5.28. The number of aryl methyl sites for hydroxylation is 2. The molecule has 0 aromatic carbocycles. The molecule has 0 radical (unpaired) electrons. The zero-order chi connectivity index (χ0) is 17.8. The van der Waals surface area contributed by atoms with E-state index in [0.717, 1.165) is 49.4 Å². The van der Waals surface area contributed by atoms with Gasteiger partial charge in [-0.3, -0.25) is 0 Å². The van der Waals surface area contributed by atoms with Crippen molar-refractivity contribution in [3.05, 3.63) is 17.0 Å². The largest absolute Gasteiger partial charge is 0.361 e. The van der Waals surface area contributed by atoms with Crippen LogP contribution in [0.4, 0.5) is 4.79 Å². The normalized spacial score (nSPS) is 23.5. The maximum absolute atomic E-state index is 12.8. The zero-order valence-corrected chi connectivity index (χ0v) is 15.9. The summed E-state index contributed by atoms with van der Waals surface area (Å²) in [5.41, 5.74) is 1.90. The molecule has 2 fully saturated rings. The summed E-state index contributed by atoms with van der Waals surface area (Å²) in [5, 5.41) is 7.23. The molecule has 0 bridgehead atoms. The van der Waals surface area contributed by atoms with Crippen molar-refractivity contribution in [1.82, 2.24) is 20.3 Å². The second-order valence-electron chi connectivity index (χ2n) is 7.46. The Morgan fingerprint density at radius 2 is 1.96 bits per heavy atom. The number of nitrogens with zero attached hydrogens (tertiary/aromatic N) is 3. The topological polar surface area (TPSA) is 61.6 Å². The summed E-state index contributed by atoms with van der Waals surface area (Å²) in [6.45, 7) is 10.1. The molecule has 3 heterocycles. The van der Waals surface area contributed by atoms with Crippen LogP contribution < -0.4 is 5.32 Å². The molecule has 1 aromatic heterocycles. The molecule has 2 atom stereocenters. The average molecular weight is 348 g/mol. The van der Waals surface area contributed by atoms with Gasteiger partial charge in [-0.15, -0.1) is 0 Å². The Bertz CT molecular complexity index is 560. The highest BCUT2D eigenvalue weighted by Crippen LogP contribution is 2.25. The minimum Gasteiger partial charge on any atom is -0.361 e. The number of nitrogens with one attached hydrogen (secondary N) is 1. The minimum absolute atomic E-state index is 0.0311. The fraction of sp³-hybridized carbons (Fsp3) is 0.789. The summed E-state index contributed by atoms with van der Waals surface area (Å²) in [7, 11) is 0. The molecule has 1 aromatic rings. The van der Waals surface area contributed by atoms with Crippen LogP contribution in [0, 0.1) is 13.8 Å². The highest BCUT2D eigenvalue weighted by Gasteiger charge is 2.28. The van der Waals surface area contributed by atoms with Crippen LogP contribution in [0.2, 0.25) is 0 Å². The zero-order valence-electron chi connectivity index (χ0n) is 15.9. The van der Waals surface area contributed by atoms with Crippen molar-refractivity contribution in [1.29, 1.82) is 0 Å². The van der Waals surface area contributed by atoms with E-state index in [9.17, 15) is 4.79 Å². The third-order valence-electron chi connectivity index (χ3n) is 5.78. The fourth-order valence-electron chi connectivity index (χ4n) is 4.36. The molecule has 0 aliphatic carbocycles. The van der Waals surface area contributed by atoms with Crippen LogP contribution in [0.3, 0.4) is 0 Å². The number of urea groups is 1. The predicted molar refractivity (Wildman–Crippen MR) is 97.6 cm³/mol. The number of likely N-dealkylation sites (tertiary alicyclic amines) is 2. The summed E-state index contributed by atoms with van der Waals surface area (Å²) in [4.78, 5) is 17.4. The maximum atomic E-state index is 12.8. The van der Waals surface area contributed by atoms with E-state index in [0.29, 0.717) is 6.04 Å². The lowest BCUT2D eigenvalue weighted by Gasteiger charge is -2.27. The van der Waals surface area contributed by atoms with E-state index in [1.807, 2.05) is 18.7 Å². The number of carbonyl (C=O) groups excluding carboxylic acids is 1. The van der Waals surface area contributed by atoms with Gasteiger partial charge in [-0.05, 0) is 65.5 Å². The molecule has 6 heteroatoms. The highest BCUT2D eigenvalue weighted by atomic mass is 16.5. The van der Waals surface area contributed by atoms with Crippen LogP contribution in [0.1, 0.15) is 68.5 Å². The number of hydrogen-bond donors (Lipinski definition) is 1. The molecular formula is C19H32N4O2. The number of rotatable bonds is 4. The first-order chi connectivity index (χ1) is 12.1. The molecule has 140 valence electrons. The van der Waals surface area contributed by atoms with Gasteiger partial charge in [-0.2, -0.15) is 0 Å². The van der Waals surface area contributed by atoms with Crippen molar-refractivity contribution in [2.45, 2.75) is 71.4 Å². The van der Waals surface area contributed by atoms with Crippen LogP contribution in [-0.4, -0.2) is 53.2 Å². The molecule has 0 saturated carbocycles. The van der Waals surface area contributed by atoms with Gasteiger partial charge in [0.15, 0.2) is 0 Å². The summed E-state index contributed by atoms with van der Waals surface area (Å²) >= 11 is 0. The number of amides is 2. The molecule has 2 saturated heterocycles. The molecule has 2 amide bonds. The van der Waals surface area contributed by atoms with Gasteiger partial charge in [-0.1, -0.05) is 12.1 Å². The molecule has 6 nitrogen and oxygen atoms in total. The second-order valence-corrected chi connectivity index (χ2v) is 7.46. The van der Waals surface area contributed by atoms with Crippen molar-refractivity contribution < 1.29 is 9.32 Å². The lowest BCUT2D eigenvalue weighted by molar-refractivity contribution is 0.190. The third-order valence-corrected chi connectivity index (χ3v) is 5.78. The Balaban J connectivity index is 1.58. The smallest absolute Gasteiger partial charge is 0.317 e. The standard InChI is InChI=1S/C19H32N4O2/c1-4-17(18-14(2)21-25-15(18)3)20-19(24)23-12-7-8-16(9-13-23)22-10-5-6-11-22/h16-17H,4-13H2,1-3H3,(H,20,24). The van der Waals surface area contributed by atoms with Crippen molar-refractivity contribution >= 4 is 6.03 Å². The Kier molecular flexibility index (Phi) is 5.99. The number of hydrogen-bond acceptors (Lipinski definition) is 4. The van der Waals surface area contributed by atoms with Crippen molar-refractivity contribution in [2.75, 3.05) is 26.2 Å². The Morgan fingerprint density at radius 1 is 1.20 bits per heavy atom. The van der Waals surface area contributed by atoms with E-state index in [2.05, 4.69) is 22.3 Å². The van der Waals surface area contributed by atoms with Gasteiger partial charge in [0.05, 0.1) is 11.7 Å². The summed E-state index contributed by atoms with van der Waals surface area (Å²) in [5.74, 6) is 0.801. The van der Waals surface area contributed by atoms with E-state index in [4.69, 9.17) is 4.52 Å². The molecular weight excluding hydrogens is 316 g/mol. The molecule has 1 N–H and O–H groups in total. The van der Waals surface area contributed by atoms with E-state index in [1.54, 1.807) is 0 Å². The predicted octanol–water partition coefficient (Wildman–Crippen LogP) is 3.40. The quantitative estimate of drug-likeness (QED) is 0.906. The minimum atomic E-state index is -0.0311. The first-order valence-corrected chi connectivity index (χ1v) is 9.82. The molecule has 2 aliphatic heterocycles. The molecule has 25 heavy (non-hydrogen) atoms. The van der Waals surface area contributed by atoms with Crippen LogP contribution in [0.25, 0.3) is 0 Å². The lowest BCUT2D eigenvalue weighted by Crippen LogP contribution is -2.42. The Labute approximate surface area is 150 Å². The Hall–Kier alpha value is -1.56. The van der Waals surface area contributed by atoms with Crippen molar-refractivity contribution in [3.8, 4) is 0 Å². The second kappa shape index (κ2) is 8.21. The van der Waals surface area contributed by atoms with Gasteiger partial charge in [0.2, 0.25) is 0 Å². The van der Waals surface area contributed by atoms with Gasteiger partial charge < -0.3 is 19.6 Å². The highest BCUT2D eigenvalue weighted by molar-refractivity contribution is 5.74. The average Bonchev–Trinajstić information content (AvgIpc) is 3.17. The third kappa shape index (κ3) is 4.17. The lowest BCUT2D eigenvalue weighted by atomic mass is 10.0. The molecule has 2 aliphatic rings. The van der Waals surface area contributed by atoms with Gasteiger partial charge in [0.1, 0.15) is 5.76 Å². The Morgan fingerprint density at radius 3 is 2.60 bits per heavy atom. The van der Waals surface area contributed by atoms with E-state index in [-0.39, 0.29) is 12.1 Å². The monoisotopic (exact) mass is 348 g/mol. The van der Waals surface area contributed by atoms with E-state index in [1.165, 1.54) is 32.4 Å². The van der Waals surface area contributed by atoms with Crippen molar-refractivity contribution in [3.63, 3.8) is 0 Å². The number of aromatic nitrogens is 1. The van der Waals surface area contributed by atoms with Crippen LogP contribution in [-0.2, 0) is 0 Å². The van der Waals surface area contributed by atoms with Crippen LogP contribution in [0.5, 0.6) is 0 Å². The molecule has 0 spiro atoms. The van der Waals surface area contributed by atoms with Gasteiger partial charge in [0.25, 0.3) is 0 Å². The molecule has 3 rings (SSSR count). The van der Waals surface area contributed by atoms with Crippen LogP contribution >= 0.6 is 0 Å². The van der Waals surface area contributed by atoms with Crippen LogP contribution in [0.15, 0.2) is 4.52 Å². The molecule has 2 unspecified atom stereocenters.